The van der Waals surface area contributed by atoms with Crippen molar-refractivity contribution < 1.29 is 96.5 Å². The molecule has 9 N–H and O–H groups in total. The minimum Gasteiger partial charge on any atom is -0.462 e. The molecular weight excluding hydrogens is 945 g/mol. The van der Waals surface area contributed by atoms with Crippen molar-refractivity contribution in [2.75, 3.05) is 107 Å². The topological polar surface area (TPSA) is 376 Å². The Morgan fingerprint density at radius 1 is 0.423 bits per heavy atom. The number of carbonyl (C=O) groups is 11. The maximum atomic E-state index is 11.6. The van der Waals surface area contributed by atoms with Crippen LogP contribution in [0.4, 0.5) is 0 Å². The maximum absolute atomic E-state index is 11.6. The molecule has 0 saturated carbocycles. The number of likely N-dealkylation sites (N-methyl/N-ethyl adjacent to an activating group) is 3. The van der Waals surface area contributed by atoms with Gasteiger partial charge in [-0.1, -0.05) is 0 Å². The van der Waals surface area contributed by atoms with Gasteiger partial charge in [0.25, 0.3) is 0 Å². The van der Waals surface area contributed by atoms with Crippen LogP contribution in [0.1, 0.15) is 97.8 Å². The molecule has 71 heavy (non-hydrogen) atoms. The lowest BCUT2D eigenvalue weighted by atomic mass is 10.1. The number of rotatable bonds is 40. The Morgan fingerprint density at radius 2 is 0.732 bits per heavy atom. The fourth-order valence-corrected chi connectivity index (χ4v) is 4.84. The summed E-state index contributed by atoms with van der Waals surface area (Å²) in [6.07, 6.45) is 2.70. The van der Waals surface area contributed by atoms with Gasteiger partial charge in [-0.05, 0) is 80.4 Å². The van der Waals surface area contributed by atoms with Crippen molar-refractivity contribution in [2.24, 2.45) is 0 Å². The summed E-state index contributed by atoms with van der Waals surface area (Å²) in [4.78, 5) is 123. The quantitative estimate of drug-likeness (QED) is 0.0170. The smallest absolute Gasteiger partial charge is 0.325 e. The fourth-order valence-electron chi connectivity index (χ4n) is 4.84. The normalized spacial score (nSPS) is 11.6. The van der Waals surface area contributed by atoms with Crippen LogP contribution in [-0.2, 0) is 81.2 Å². The average Bonchev–Trinajstić information content (AvgIpc) is 3.32. The summed E-state index contributed by atoms with van der Waals surface area (Å²) in [6.45, 7) is 3.30. The molecule has 0 aliphatic heterocycles. The molecule has 0 bridgehead atoms. The Morgan fingerprint density at radius 3 is 1.03 bits per heavy atom. The molecule has 3 amide bonds. The number of esters is 5. The predicted molar refractivity (Wildman–Crippen MR) is 252 cm³/mol. The van der Waals surface area contributed by atoms with E-state index in [0.29, 0.717) is 70.9 Å². The molecular formula is C45H80N6O20. The zero-order valence-electron chi connectivity index (χ0n) is 42.2. The lowest BCUT2D eigenvalue weighted by Gasteiger charge is -2.16. The fraction of sp³-hybridized carbons (Fsp3) is 0.756. The largest absolute Gasteiger partial charge is 0.462 e. The highest BCUT2D eigenvalue weighted by Gasteiger charge is 2.16. The molecule has 26 nitrogen and oxygen atoms in total. The van der Waals surface area contributed by atoms with Gasteiger partial charge in [0.15, 0.2) is 0 Å². The second kappa shape index (κ2) is 48.1. The molecule has 0 rings (SSSR count). The van der Waals surface area contributed by atoms with E-state index in [1.807, 2.05) is 0 Å². The summed E-state index contributed by atoms with van der Waals surface area (Å²) < 4.78 is 29.1. The summed E-state index contributed by atoms with van der Waals surface area (Å²) in [5, 5.41) is 43.4. The molecule has 3 atom stereocenters. The zero-order chi connectivity index (χ0) is 54.2. The number of ether oxygens (including phenoxy) is 6. The SMILES string of the molecule is CNCC(=O)OCC(O)COC(=O)CNC(=O)CCCCC(C)=O.CNCC(=O)OCC(O)COC(=O)CNC(=O)CCCCC(C)=O.CNCCOCC(CO)OC(=O)CNC(=O)CCCCC(C)=O. The van der Waals surface area contributed by atoms with Gasteiger partial charge in [0.2, 0.25) is 17.7 Å². The van der Waals surface area contributed by atoms with E-state index in [2.05, 4.69) is 31.9 Å². The highest BCUT2D eigenvalue weighted by Crippen LogP contribution is 2.03. The zero-order valence-corrected chi connectivity index (χ0v) is 42.2. The second-order valence-corrected chi connectivity index (χ2v) is 15.6. The van der Waals surface area contributed by atoms with Gasteiger partial charge in [-0.15, -0.1) is 0 Å². The van der Waals surface area contributed by atoms with Crippen LogP contribution in [0.15, 0.2) is 0 Å². The van der Waals surface area contributed by atoms with Crippen molar-refractivity contribution in [3.63, 3.8) is 0 Å². The number of Topliss-reactive ketones (excluding diaryl/α,β-unsaturated/α-hetero) is 3. The van der Waals surface area contributed by atoms with E-state index in [4.69, 9.17) is 33.5 Å². The maximum Gasteiger partial charge on any atom is 0.325 e. The number of nitrogens with one attached hydrogen (secondary N) is 6. The van der Waals surface area contributed by atoms with Crippen LogP contribution in [0.3, 0.4) is 0 Å². The third-order valence-electron chi connectivity index (χ3n) is 8.53. The van der Waals surface area contributed by atoms with Gasteiger partial charge < -0.3 is 90.0 Å². The number of amides is 3. The molecule has 0 radical (unpaired) electrons. The number of unbranched alkanes of at least 4 members (excludes halogenated alkanes) is 3. The molecule has 0 saturated heterocycles. The minimum atomic E-state index is -1.13. The lowest BCUT2D eigenvalue weighted by molar-refractivity contribution is -0.154. The van der Waals surface area contributed by atoms with Crippen molar-refractivity contribution in [3.05, 3.63) is 0 Å². The van der Waals surface area contributed by atoms with Crippen molar-refractivity contribution in [1.82, 2.24) is 31.9 Å². The lowest BCUT2D eigenvalue weighted by Crippen LogP contribution is -2.35. The molecule has 0 aliphatic carbocycles. The van der Waals surface area contributed by atoms with Crippen LogP contribution in [0, 0.1) is 0 Å². The molecule has 0 aromatic rings. The van der Waals surface area contributed by atoms with E-state index < -0.39 is 48.2 Å². The Bertz CT molecular complexity index is 1490. The van der Waals surface area contributed by atoms with E-state index in [1.165, 1.54) is 20.8 Å². The van der Waals surface area contributed by atoms with Crippen LogP contribution in [0.25, 0.3) is 0 Å². The number of hydrogen-bond donors (Lipinski definition) is 9. The second-order valence-electron chi connectivity index (χ2n) is 15.6. The van der Waals surface area contributed by atoms with E-state index in [9.17, 15) is 63.0 Å². The Balaban J connectivity index is -0.000000977. The van der Waals surface area contributed by atoms with Crippen molar-refractivity contribution in [1.29, 1.82) is 0 Å². The Labute approximate surface area is 415 Å². The van der Waals surface area contributed by atoms with Crippen molar-refractivity contribution >= 4 is 64.9 Å². The van der Waals surface area contributed by atoms with Crippen molar-refractivity contribution in [3.8, 4) is 0 Å². The standard InChI is InChI=1S/2C15H26N2O7.C15H28N2O6/c2*1-11(18)5-3-4-6-13(20)17-8-15(22)24-10-12(19)9-23-14(21)7-16-2;1-12(19)5-3-4-6-14(20)17-9-15(21)23-13(10-18)11-22-8-7-16-2/h2*12,16,19H,3-10H2,1-2H3,(H,17,20);13,16,18H,3-11H2,1-2H3,(H,17,20). The average molecular weight is 1030 g/mol. The predicted octanol–water partition coefficient (Wildman–Crippen LogP) is -2.77. The summed E-state index contributed by atoms with van der Waals surface area (Å²) in [5.41, 5.74) is 0. The van der Waals surface area contributed by atoms with Crippen molar-refractivity contribution in [2.45, 2.75) is 116 Å². The minimum absolute atomic E-state index is 0.0188. The molecule has 0 aromatic carbocycles. The van der Waals surface area contributed by atoms with Gasteiger partial charge in [-0.25, -0.2) is 0 Å². The number of aliphatic hydroxyl groups is 3. The van der Waals surface area contributed by atoms with Crippen LogP contribution in [0.2, 0.25) is 0 Å². The summed E-state index contributed by atoms with van der Waals surface area (Å²) >= 11 is 0. The number of hydrogen-bond acceptors (Lipinski definition) is 23. The third kappa shape index (κ3) is 53.7. The molecule has 0 fully saturated rings. The van der Waals surface area contributed by atoms with Gasteiger partial charge in [0, 0.05) is 45.1 Å². The first kappa shape index (κ1) is 69.7. The van der Waals surface area contributed by atoms with Crippen LogP contribution in [-0.4, -0.2) is 205 Å². The Hall–Kier alpha value is -5.51. The van der Waals surface area contributed by atoms with Crippen LogP contribution >= 0.6 is 0 Å². The van der Waals surface area contributed by atoms with Gasteiger partial charge in [0.05, 0.1) is 32.9 Å². The van der Waals surface area contributed by atoms with Gasteiger partial charge in [-0.3, -0.25) is 38.4 Å². The van der Waals surface area contributed by atoms with E-state index >= 15 is 0 Å². The van der Waals surface area contributed by atoms with E-state index in [1.54, 1.807) is 21.1 Å². The van der Waals surface area contributed by atoms with Gasteiger partial charge >= 0.3 is 29.8 Å². The monoisotopic (exact) mass is 1020 g/mol. The number of ketones is 3. The van der Waals surface area contributed by atoms with Crippen LogP contribution in [0.5, 0.6) is 0 Å². The molecule has 0 aliphatic rings. The highest BCUT2D eigenvalue weighted by molar-refractivity contribution is 5.83. The van der Waals surface area contributed by atoms with Gasteiger partial charge in [-0.2, -0.15) is 0 Å². The summed E-state index contributed by atoms with van der Waals surface area (Å²) in [7, 11) is 4.95. The summed E-state index contributed by atoms with van der Waals surface area (Å²) in [5.74, 6) is -3.71. The molecule has 26 heteroatoms. The van der Waals surface area contributed by atoms with Crippen LogP contribution < -0.4 is 31.9 Å². The molecule has 0 aromatic heterocycles. The first-order valence-corrected chi connectivity index (χ1v) is 23.3. The first-order chi connectivity index (χ1) is 33.7. The van der Waals surface area contributed by atoms with Gasteiger partial charge in [0.1, 0.15) is 81.7 Å². The number of aliphatic hydroxyl groups excluding tert-OH is 3. The molecule has 0 heterocycles. The highest BCUT2D eigenvalue weighted by atomic mass is 16.6. The number of carbonyl (C=O) groups excluding carboxylic acids is 11. The molecule has 3 unspecified atom stereocenters. The van der Waals surface area contributed by atoms with E-state index in [0.717, 1.165) is 0 Å². The molecule has 0 spiro atoms. The third-order valence-corrected chi connectivity index (χ3v) is 8.53. The Kier molecular flexibility index (Phi) is 47.3. The first-order valence-electron chi connectivity index (χ1n) is 23.3. The van der Waals surface area contributed by atoms with E-state index in [-0.39, 0.29) is 127 Å². The molecule has 410 valence electrons. The summed E-state index contributed by atoms with van der Waals surface area (Å²) in [6, 6.07) is 0.